The second-order valence-electron chi connectivity index (χ2n) is 7.07. The number of H-pyrrole nitrogens is 1. The molecule has 14 nitrogen and oxygen atoms in total. The van der Waals surface area contributed by atoms with E-state index in [1.807, 2.05) is 0 Å². The molecule has 160 valence electrons. The van der Waals surface area contributed by atoms with Gasteiger partial charge in [-0.25, -0.2) is 4.98 Å². The molecule has 29 heavy (non-hydrogen) atoms. The number of aromatic amines is 1. The van der Waals surface area contributed by atoms with Crippen molar-refractivity contribution in [2.75, 3.05) is 18.9 Å². The monoisotopic (exact) mass is 415 g/mol. The fraction of sp³-hybridized carbons (Fsp3) is 0.667. The molecule has 0 saturated carbocycles. The van der Waals surface area contributed by atoms with Crippen LogP contribution < -0.4 is 11.3 Å². The highest BCUT2D eigenvalue weighted by molar-refractivity contribution is 5.71. The summed E-state index contributed by atoms with van der Waals surface area (Å²) in [6, 6.07) is 0. The van der Waals surface area contributed by atoms with E-state index in [1.54, 1.807) is 0 Å². The number of nitrogens with two attached hydrogens (primary N) is 1. The molecule has 14 heteroatoms. The van der Waals surface area contributed by atoms with Crippen LogP contribution in [0.25, 0.3) is 11.2 Å². The smallest absolute Gasteiger partial charge is 0.280 e. The summed E-state index contributed by atoms with van der Waals surface area (Å²) in [4.78, 5) is 22.3. The second kappa shape index (κ2) is 6.96. The Morgan fingerprint density at radius 2 is 1.97 bits per heavy atom. The van der Waals surface area contributed by atoms with Crippen LogP contribution in [0.4, 0.5) is 5.95 Å². The summed E-state index contributed by atoms with van der Waals surface area (Å²) < 4.78 is 12.3. The molecule has 8 atom stereocenters. The standard InChI is InChI=1S/C15H21N5O9/c16-14-18-12-6(13(27)19-14)17-3-20(12)15(10(26)8(24)5(1-21)29-15)11-9(25)7(23)4(22)2-28-11/h3-5,7-11,21-26H,1-2H2,(H3,16,18,19,27)/t4-,5+,7-,8+,9+,10+,11?,15-/m0/s1. The van der Waals surface area contributed by atoms with Crippen molar-refractivity contribution in [3.63, 3.8) is 0 Å². The van der Waals surface area contributed by atoms with Crippen molar-refractivity contribution in [1.29, 1.82) is 0 Å². The Bertz CT molecular complexity index is 965. The third-order valence-corrected chi connectivity index (χ3v) is 5.36. The van der Waals surface area contributed by atoms with Crippen molar-refractivity contribution in [2.45, 2.75) is 48.5 Å². The van der Waals surface area contributed by atoms with Gasteiger partial charge in [0.1, 0.15) is 42.7 Å². The summed E-state index contributed by atoms with van der Waals surface area (Å²) in [7, 11) is 0. The molecule has 2 fully saturated rings. The lowest BCUT2D eigenvalue weighted by Gasteiger charge is -2.46. The van der Waals surface area contributed by atoms with E-state index in [1.165, 1.54) is 0 Å². The van der Waals surface area contributed by atoms with Crippen LogP contribution in [0.3, 0.4) is 0 Å². The molecular formula is C15H21N5O9. The van der Waals surface area contributed by atoms with Crippen LogP contribution in [0.2, 0.25) is 0 Å². The van der Waals surface area contributed by atoms with Crippen LogP contribution in [0.5, 0.6) is 0 Å². The number of aliphatic hydroxyl groups is 6. The van der Waals surface area contributed by atoms with Gasteiger partial charge in [0.05, 0.1) is 19.5 Å². The van der Waals surface area contributed by atoms with Crippen LogP contribution in [-0.4, -0.2) is 106 Å². The van der Waals surface area contributed by atoms with Crippen molar-refractivity contribution in [3.8, 4) is 0 Å². The molecule has 0 bridgehead atoms. The normalized spacial score (nSPS) is 40.6. The predicted molar refractivity (Wildman–Crippen MR) is 92.3 cm³/mol. The van der Waals surface area contributed by atoms with Crippen molar-refractivity contribution in [3.05, 3.63) is 16.7 Å². The Balaban J connectivity index is 1.95. The van der Waals surface area contributed by atoms with E-state index in [0.717, 1.165) is 10.9 Å². The highest BCUT2D eigenvalue weighted by atomic mass is 16.6. The van der Waals surface area contributed by atoms with E-state index in [9.17, 15) is 35.4 Å². The first kappa shape index (κ1) is 20.1. The van der Waals surface area contributed by atoms with E-state index >= 15 is 0 Å². The lowest BCUT2D eigenvalue weighted by atomic mass is 9.87. The highest BCUT2D eigenvalue weighted by Crippen LogP contribution is 2.43. The van der Waals surface area contributed by atoms with Gasteiger partial charge in [-0.2, -0.15) is 4.98 Å². The first-order chi connectivity index (χ1) is 13.7. The zero-order chi connectivity index (χ0) is 21.1. The van der Waals surface area contributed by atoms with Gasteiger partial charge < -0.3 is 45.8 Å². The second-order valence-corrected chi connectivity index (χ2v) is 7.07. The number of imidazole rings is 1. The lowest BCUT2D eigenvalue weighted by Crippen LogP contribution is -2.65. The molecule has 4 rings (SSSR count). The van der Waals surface area contributed by atoms with Crippen LogP contribution in [0.15, 0.2) is 11.1 Å². The third kappa shape index (κ3) is 2.77. The minimum atomic E-state index is -2.17. The minimum absolute atomic E-state index is 0.160. The van der Waals surface area contributed by atoms with Gasteiger partial charge in [-0.3, -0.25) is 14.3 Å². The number of nitrogen functional groups attached to an aromatic ring is 1. The summed E-state index contributed by atoms with van der Waals surface area (Å²) in [5, 5.41) is 61.2. The van der Waals surface area contributed by atoms with Gasteiger partial charge in [-0.05, 0) is 0 Å². The van der Waals surface area contributed by atoms with Gasteiger partial charge in [0, 0.05) is 0 Å². The zero-order valence-electron chi connectivity index (χ0n) is 14.9. The maximum absolute atomic E-state index is 12.1. The van der Waals surface area contributed by atoms with E-state index in [-0.39, 0.29) is 17.1 Å². The Kier molecular flexibility index (Phi) is 4.83. The van der Waals surface area contributed by atoms with Crippen LogP contribution in [0, 0.1) is 0 Å². The SMILES string of the molecule is Nc1nc2c(ncn2[C@]2(C3OC[C@H](O)[C@H](O)[C@H]3O)O[C@H](CO)[C@@H](O)[C@H]2O)c(=O)[nH]1. The quantitative estimate of drug-likeness (QED) is 0.235. The van der Waals surface area contributed by atoms with Gasteiger partial charge in [-0.1, -0.05) is 0 Å². The Morgan fingerprint density at radius 3 is 2.62 bits per heavy atom. The fourth-order valence-corrected chi connectivity index (χ4v) is 3.90. The average Bonchev–Trinajstić information content (AvgIpc) is 3.21. The summed E-state index contributed by atoms with van der Waals surface area (Å²) in [6.45, 7) is -1.12. The average molecular weight is 415 g/mol. The fourth-order valence-electron chi connectivity index (χ4n) is 3.90. The van der Waals surface area contributed by atoms with Crippen molar-refractivity contribution in [1.82, 2.24) is 19.5 Å². The molecule has 0 amide bonds. The number of hydrogen-bond donors (Lipinski definition) is 8. The third-order valence-electron chi connectivity index (χ3n) is 5.36. The lowest BCUT2D eigenvalue weighted by molar-refractivity contribution is -0.286. The molecule has 0 aromatic carbocycles. The number of anilines is 1. The topological polar surface area (TPSA) is 229 Å². The zero-order valence-corrected chi connectivity index (χ0v) is 14.9. The van der Waals surface area contributed by atoms with Gasteiger partial charge >= 0.3 is 0 Å². The van der Waals surface area contributed by atoms with Crippen molar-refractivity contribution >= 4 is 17.1 Å². The van der Waals surface area contributed by atoms with E-state index < -0.39 is 67.2 Å². The van der Waals surface area contributed by atoms with Crippen molar-refractivity contribution < 1.29 is 40.1 Å². The predicted octanol–water partition coefficient (Wildman–Crippen LogP) is -5.05. The molecule has 2 aromatic heterocycles. The Hall–Kier alpha value is -2.17. The largest absolute Gasteiger partial charge is 0.394 e. The molecule has 2 saturated heterocycles. The van der Waals surface area contributed by atoms with Crippen LogP contribution in [-0.2, 0) is 15.2 Å². The molecule has 4 heterocycles. The van der Waals surface area contributed by atoms with E-state index in [2.05, 4.69) is 15.0 Å². The number of rotatable bonds is 3. The molecule has 0 aliphatic carbocycles. The molecule has 1 unspecified atom stereocenters. The number of aliphatic hydroxyl groups excluding tert-OH is 6. The minimum Gasteiger partial charge on any atom is -0.394 e. The molecular weight excluding hydrogens is 394 g/mol. The summed E-state index contributed by atoms with van der Waals surface area (Å²) in [5.41, 5.74) is 2.41. The molecule has 2 aliphatic rings. The maximum atomic E-state index is 12.1. The molecule has 9 N–H and O–H groups in total. The first-order valence-corrected chi connectivity index (χ1v) is 8.76. The summed E-state index contributed by atoms with van der Waals surface area (Å²) >= 11 is 0. The first-order valence-electron chi connectivity index (χ1n) is 8.76. The van der Waals surface area contributed by atoms with Crippen LogP contribution in [0.1, 0.15) is 0 Å². The van der Waals surface area contributed by atoms with Crippen LogP contribution >= 0.6 is 0 Å². The Labute approximate surface area is 161 Å². The van der Waals surface area contributed by atoms with E-state index in [4.69, 9.17) is 15.2 Å². The summed E-state index contributed by atoms with van der Waals surface area (Å²) in [5.74, 6) is -0.272. The number of nitrogens with one attached hydrogen (secondary N) is 1. The highest BCUT2D eigenvalue weighted by Gasteiger charge is 2.64. The maximum Gasteiger partial charge on any atom is 0.280 e. The van der Waals surface area contributed by atoms with Gasteiger partial charge in [0.2, 0.25) is 11.7 Å². The van der Waals surface area contributed by atoms with Crippen molar-refractivity contribution in [2.24, 2.45) is 0 Å². The summed E-state index contributed by atoms with van der Waals surface area (Å²) in [6.07, 6.45) is -10.1. The number of hydrogen-bond acceptors (Lipinski definition) is 12. The molecule has 0 radical (unpaired) electrons. The Morgan fingerprint density at radius 1 is 1.24 bits per heavy atom. The molecule has 0 spiro atoms. The number of ether oxygens (including phenoxy) is 2. The van der Waals surface area contributed by atoms with Gasteiger partial charge in [0.15, 0.2) is 11.2 Å². The molecule has 2 aliphatic heterocycles. The number of nitrogens with zero attached hydrogens (tertiary/aromatic N) is 3. The van der Waals surface area contributed by atoms with Gasteiger partial charge in [-0.15, -0.1) is 0 Å². The number of fused-ring (bicyclic) bond motifs is 1. The van der Waals surface area contributed by atoms with Gasteiger partial charge in [0.25, 0.3) is 5.56 Å². The van der Waals surface area contributed by atoms with E-state index in [0.29, 0.717) is 0 Å². The molecule has 2 aromatic rings. The number of aromatic nitrogens is 4.